The largest absolute Gasteiger partial charge is 0.466 e. The normalized spacial score (nSPS) is 13.2. The molecule has 0 heterocycles. The third-order valence-electron chi connectivity index (χ3n) is 3.26. The summed E-state index contributed by atoms with van der Waals surface area (Å²) in [7, 11) is 0. The van der Waals surface area contributed by atoms with Gasteiger partial charge in [0.2, 0.25) is 0 Å². The van der Waals surface area contributed by atoms with Crippen LogP contribution in [0.5, 0.6) is 0 Å². The molecule has 0 aromatic heterocycles. The SMILES string of the molecule is CCCOC(=O)CC(O)(CCC(=O)OCC)c1ccccc1. The van der Waals surface area contributed by atoms with Crippen LogP contribution in [0.15, 0.2) is 30.3 Å². The molecule has 0 radical (unpaired) electrons. The predicted molar refractivity (Wildman–Crippen MR) is 82.1 cm³/mol. The average molecular weight is 308 g/mol. The monoisotopic (exact) mass is 308 g/mol. The van der Waals surface area contributed by atoms with Gasteiger partial charge in [-0.1, -0.05) is 37.3 Å². The molecule has 22 heavy (non-hydrogen) atoms. The summed E-state index contributed by atoms with van der Waals surface area (Å²) in [6.07, 6.45) is 0.687. The molecule has 0 saturated heterocycles. The van der Waals surface area contributed by atoms with Crippen LogP contribution in [0, 0.1) is 0 Å². The van der Waals surface area contributed by atoms with Crippen molar-refractivity contribution < 1.29 is 24.2 Å². The van der Waals surface area contributed by atoms with E-state index in [9.17, 15) is 14.7 Å². The summed E-state index contributed by atoms with van der Waals surface area (Å²) in [4.78, 5) is 23.4. The quantitative estimate of drug-likeness (QED) is 0.710. The molecular weight excluding hydrogens is 284 g/mol. The van der Waals surface area contributed by atoms with Gasteiger partial charge in [-0.2, -0.15) is 0 Å². The highest BCUT2D eigenvalue weighted by Gasteiger charge is 2.33. The minimum atomic E-state index is -1.43. The molecule has 0 saturated carbocycles. The molecule has 1 atom stereocenters. The van der Waals surface area contributed by atoms with Gasteiger partial charge in [-0.25, -0.2) is 0 Å². The first-order chi connectivity index (χ1) is 10.5. The van der Waals surface area contributed by atoms with Crippen LogP contribution in [-0.4, -0.2) is 30.3 Å². The van der Waals surface area contributed by atoms with Crippen LogP contribution >= 0.6 is 0 Å². The zero-order chi connectivity index (χ0) is 16.4. The van der Waals surface area contributed by atoms with Crippen LogP contribution in [0.4, 0.5) is 0 Å². The molecule has 1 rings (SSSR count). The van der Waals surface area contributed by atoms with E-state index in [1.54, 1.807) is 31.2 Å². The Morgan fingerprint density at radius 1 is 1.09 bits per heavy atom. The van der Waals surface area contributed by atoms with Gasteiger partial charge in [0.25, 0.3) is 0 Å². The number of benzene rings is 1. The second-order valence-corrected chi connectivity index (χ2v) is 5.10. The van der Waals surface area contributed by atoms with E-state index in [0.717, 1.165) is 6.42 Å². The number of hydrogen-bond donors (Lipinski definition) is 1. The van der Waals surface area contributed by atoms with Gasteiger partial charge in [-0.15, -0.1) is 0 Å². The minimum Gasteiger partial charge on any atom is -0.466 e. The summed E-state index contributed by atoms with van der Waals surface area (Å²) >= 11 is 0. The standard InChI is InChI=1S/C17H24O5/c1-3-12-22-16(19)13-17(20,11-10-15(18)21-4-2)14-8-6-5-7-9-14/h5-9,20H,3-4,10-13H2,1-2H3. The summed E-state index contributed by atoms with van der Waals surface area (Å²) in [5, 5.41) is 10.9. The number of rotatable bonds is 9. The summed E-state index contributed by atoms with van der Waals surface area (Å²) in [6.45, 7) is 4.24. The third kappa shape index (κ3) is 5.85. The number of esters is 2. The number of aliphatic hydroxyl groups is 1. The van der Waals surface area contributed by atoms with Gasteiger partial charge < -0.3 is 14.6 Å². The van der Waals surface area contributed by atoms with Crippen molar-refractivity contribution in [1.29, 1.82) is 0 Å². The van der Waals surface area contributed by atoms with Crippen molar-refractivity contribution >= 4 is 11.9 Å². The number of ether oxygens (including phenoxy) is 2. The fraction of sp³-hybridized carbons (Fsp3) is 0.529. The zero-order valence-corrected chi connectivity index (χ0v) is 13.2. The first-order valence-electron chi connectivity index (χ1n) is 7.61. The van der Waals surface area contributed by atoms with E-state index in [0.29, 0.717) is 18.8 Å². The first-order valence-corrected chi connectivity index (χ1v) is 7.61. The highest BCUT2D eigenvalue weighted by molar-refractivity contribution is 5.72. The molecule has 0 aliphatic rings. The average Bonchev–Trinajstić information content (AvgIpc) is 2.52. The van der Waals surface area contributed by atoms with Crippen LogP contribution in [-0.2, 0) is 24.7 Å². The lowest BCUT2D eigenvalue weighted by Crippen LogP contribution is -2.31. The number of hydrogen-bond acceptors (Lipinski definition) is 5. The first kappa shape index (κ1) is 18.2. The lowest BCUT2D eigenvalue weighted by Gasteiger charge is -2.27. The van der Waals surface area contributed by atoms with Crippen molar-refractivity contribution in [2.24, 2.45) is 0 Å². The second-order valence-electron chi connectivity index (χ2n) is 5.10. The molecule has 0 spiro atoms. The summed E-state index contributed by atoms with van der Waals surface area (Å²) in [5.41, 5.74) is -0.841. The van der Waals surface area contributed by atoms with Crippen molar-refractivity contribution in [1.82, 2.24) is 0 Å². The Kier molecular flexibility index (Phi) is 7.60. The predicted octanol–water partition coefficient (Wildman–Crippen LogP) is 2.56. The highest BCUT2D eigenvalue weighted by Crippen LogP contribution is 2.30. The van der Waals surface area contributed by atoms with E-state index in [1.807, 2.05) is 13.0 Å². The molecule has 1 aromatic rings. The Labute approximate surface area is 131 Å². The van der Waals surface area contributed by atoms with Gasteiger partial charge in [-0.3, -0.25) is 9.59 Å². The molecule has 0 bridgehead atoms. The summed E-state index contributed by atoms with van der Waals surface area (Å²) in [5.74, 6) is -0.865. The van der Waals surface area contributed by atoms with Crippen LogP contribution in [0.2, 0.25) is 0 Å². The van der Waals surface area contributed by atoms with E-state index in [-0.39, 0.29) is 19.3 Å². The summed E-state index contributed by atoms with van der Waals surface area (Å²) in [6, 6.07) is 8.85. The Morgan fingerprint density at radius 3 is 2.36 bits per heavy atom. The minimum absolute atomic E-state index is 0.0420. The fourth-order valence-corrected chi connectivity index (χ4v) is 2.13. The van der Waals surface area contributed by atoms with Gasteiger partial charge in [-0.05, 0) is 25.3 Å². The molecule has 0 aliphatic heterocycles. The summed E-state index contributed by atoms with van der Waals surface area (Å²) < 4.78 is 9.92. The van der Waals surface area contributed by atoms with Gasteiger partial charge in [0.15, 0.2) is 0 Å². The van der Waals surface area contributed by atoms with Crippen molar-refractivity contribution in [3.63, 3.8) is 0 Å². The van der Waals surface area contributed by atoms with Gasteiger partial charge in [0.05, 0.1) is 19.6 Å². The van der Waals surface area contributed by atoms with Crippen molar-refractivity contribution in [2.45, 2.75) is 45.1 Å². The van der Waals surface area contributed by atoms with Crippen LogP contribution in [0.1, 0.15) is 45.1 Å². The van der Waals surface area contributed by atoms with Gasteiger partial charge >= 0.3 is 11.9 Å². The fourth-order valence-electron chi connectivity index (χ4n) is 2.13. The molecule has 5 heteroatoms. The zero-order valence-electron chi connectivity index (χ0n) is 13.2. The topological polar surface area (TPSA) is 72.8 Å². The number of carbonyl (C=O) groups excluding carboxylic acids is 2. The Hall–Kier alpha value is -1.88. The van der Waals surface area contributed by atoms with E-state index >= 15 is 0 Å². The highest BCUT2D eigenvalue weighted by atomic mass is 16.5. The third-order valence-corrected chi connectivity index (χ3v) is 3.26. The lowest BCUT2D eigenvalue weighted by molar-refractivity contribution is -0.152. The Balaban J connectivity index is 2.80. The van der Waals surface area contributed by atoms with Crippen molar-refractivity contribution in [3.05, 3.63) is 35.9 Å². The maximum absolute atomic E-state index is 11.9. The second kappa shape index (κ2) is 9.20. The molecular formula is C17H24O5. The maximum atomic E-state index is 11.9. The van der Waals surface area contributed by atoms with E-state index in [4.69, 9.17) is 9.47 Å². The molecule has 1 N–H and O–H groups in total. The Morgan fingerprint density at radius 2 is 1.77 bits per heavy atom. The molecule has 122 valence electrons. The van der Waals surface area contributed by atoms with E-state index < -0.39 is 17.5 Å². The smallest absolute Gasteiger partial charge is 0.309 e. The molecule has 0 fully saturated rings. The number of carbonyl (C=O) groups is 2. The molecule has 0 aliphatic carbocycles. The molecule has 5 nitrogen and oxygen atoms in total. The van der Waals surface area contributed by atoms with Crippen LogP contribution in [0.3, 0.4) is 0 Å². The Bertz CT molecular complexity index is 471. The van der Waals surface area contributed by atoms with E-state index in [1.165, 1.54) is 0 Å². The van der Waals surface area contributed by atoms with Gasteiger partial charge in [0.1, 0.15) is 5.60 Å². The van der Waals surface area contributed by atoms with Crippen LogP contribution in [0.25, 0.3) is 0 Å². The van der Waals surface area contributed by atoms with E-state index in [2.05, 4.69) is 0 Å². The molecule has 1 unspecified atom stereocenters. The van der Waals surface area contributed by atoms with Crippen LogP contribution < -0.4 is 0 Å². The van der Waals surface area contributed by atoms with Gasteiger partial charge in [0, 0.05) is 6.42 Å². The lowest BCUT2D eigenvalue weighted by atomic mass is 9.86. The maximum Gasteiger partial charge on any atom is 0.309 e. The van der Waals surface area contributed by atoms with Crippen molar-refractivity contribution in [2.75, 3.05) is 13.2 Å². The molecule has 0 amide bonds. The van der Waals surface area contributed by atoms with Crippen molar-refractivity contribution in [3.8, 4) is 0 Å². The molecule has 1 aromatic carbocycles.